The van der Waals surface area contributed by atoms with Crippen LogP contribution in [0, 0.1) is 25.6 Å². The van der Waals surface area contributed by atoms with Gasteiger partial charge in [0.25, 0.3) is 0 Å². The number of ether oxygens (including phenoxy) is 1. The number of rotatable bonds is 7. The summed E-state index contributed by atoms with van der Waals surface area (Å²) in [6, 6.07) is 1.74. The van der Waals surface area contributed by atoms with Crippen LogP contribution in [0.25, 0.3) is 0 Å². The Hall–Kier alpha value is -1.99. The van der Waals surface area contributed by atoms with E-state index < -0.39 is 8.32 Å². The van der Waals surface area contributed by atoms with Crippen molar-refractivity contribution in [3.8, 4) is 5.75 Å². The van der Waals surface area contributed by atoms with E-state index in [2.05, 4.69) is 44.4 Å². The van der Waals surface area contributed by atoms with E-state index in [1.165, 1.54) is 0 Å². The smallest absolute Gasteiger partial charge is 0.240 e. The summed E-state index contributed by atoms with van der Waals surface area (Å²) in [6.45, 7) is 17.4. The van der Waals surface area contributed by atoms with Crippen LogP contribution >= 0.6 is 0 Å². The quantitative estimate of drug-likeness (QED) is 0.470. The zero-order valence-corrected chi connectivity index (χ0v) is 20.5. The number of carbonyl (C=O) groups excluding carboxylic acids is 1. The number of hydrazone groups is 1. The predicted molar refractivity (Wildman–Crippen MR) is 122 cm³/mol. The summed E-state index contributed by atoms with van der Waals surface area (Å²) in [4.78, 5) is 11.5. The highest BCUT2D eigenvalue weighted by molar-refractivity contribution is 6.74. The zero-order chi connectivity index (χ0) is 22.7. The Kier molecular flexibility index (Phi) is 7.63. The van der Waals surface area contributed by atoms with Gasteiger partial charge >= 0.3 is 0 Å². The van der Waals surface area contributed by atoms with Gasteiger partial charge in [-0.05, 0) is 49.7 Å². The van der Waals surface area contributed by atoms with Crippen LogP contribution in [0.15, 0.2) is 23.3 Å². The highest BCUT2D eigenvalue weighted by Crippen LogP contribution is 2.36. The van der Waals surface area contributed by atoms with Crippen LogP contribution in [0.2, 0.25) is 18.1 Å². The van der Waals surface area contributed by atoms with Crippen molar-refractivity contribution in [3.05, 3.63) is 40.7 Å². The molecule has 1 unspecified atom stereocenters. The third-order valence-electron chi connectivity index (χ3n) is 6.00. The number of halogens is 1. The minimum Gasteiger partial charge on any atom is -0.489 e. The highest BCUT2D eigenvalue weighted by atomic mass is 28.4. The summed E-state index contributed by atoms with van der Waals surface area (Å²) in [5.41, 5.74) is 4.71. The van der Waals surface area contributed by atoms with Crippen molar-refractivity contribution in [2.45, 2.75) is 66.1 Å². The molecule has 1 atom stereocenters. The van der Waals surface area contributed by atoms with E-state index in [1.54, 1.807) is 13.0 Å². The fourth-order valence-electron chi connectivity index (χ4n) is 3.07. The number of benzene rings is 1. The molecule has 5 nitrogen and oxygen atoms in total. The predicted octanol–water partition coefficient (Wildman–Crippen LogP) is 5.26. The van der Waals surface area contributed by atoms with Crippen molar-refractivity contribution in [2.75, 3.05) is 13.2 Å². The molecule has 0 saturated heterocycles. The number of amides is 1. The lowest BCUT2D eigenvalue weighted by Crippen LogP contribution is -2.40. The van der Waals surface area contributed by atoms with Gasteiger partial charge in [-0.1, -0.05) is 33.8 Å². The Morgan fingerprint density at radius 3 is 2.50 bits per heavy atom. The van der Waals surface area contributed by atoms with Gasteiger partial charge in [0.05, 0.1) is 12.3 Å². The van der Waals surface area contributed by atoms with Crippen LogP contribution in [-0.2, 0) is 9.22 Å². The minimum absolute atomic E-state index is 0.136. The minimum atomic E-state index is -1.77. The monoisotopic (exact) mass is 434 g/mol. The van der Waals surface area contributed by atoms with Gasteiger partial charge in [0, 0.05) is 23.5 Å². The fraction of sp³-hybridized carbons (Fsp3) is 0.565. The molecule has 1 aliphatic rings. The van der Waals surface area contributed by atoms with Gasteiger partial charge in [-0.2, -0.15) is 5.10 Å². The molecule has 0 saturated carbocycles. The van der Waals surface area contributed by atoms with E-state index in [0.29, 0.717) is 42.2 Å². The standard InChI is InChI=1S/C23H35FN2O3Si/c1-15-14-19(27)25-26-21(15)18-13-16(2)22(17(3)20(18)24)28-11-9-10-12-29-30(7,8)23(4,5)6/h9-10,13,15H,11-12,14H2,1-8H3,(H,25,27)/b10-9-. The molecule has 0 aromatic heterocycles. The Morgan fingerprint density at radius 2 is 1.90 bits per heavy atom. The molecule has 2 rings (SSSR count). The van der Waals surface area contributed by atoms with Crippen molar-refractivity contribution >= 4 is 19.9 Å². The van der Waals surface area contributed by atoms with Crippen LogP contribution in [0.4, 0.5) is 4.39 Å². The summed E-state index contributed by atoms with van der Waals surface area (Å²) < 4.78 is 27.0. The highest BCUT2D eigenvalue weighted by Gasteiger charge is 2.36. The molecule has 1 heterocycles. The third kappa shape index (κ3) is 5.58. The van der Waals surface area contributed by atoms with Crippen molar-refractivity contribution in [3.63, 3.8) is 0 Å². The third-order valence-corrected chi connectivity index (χ3v) is 10.5. The lowest BCUT2D eigenvalue weighted by molar-refractivity contribution is -0.121. The van der Waals surface area contributed by atoms with Crippen LogP contribution in [-0.4, -0.2) is 33.2 Å². The summed E-state index contributed by atoms with van der Waals surface area (Å²) >= 11 is 0. The Labute approximate surface area is 180 Å². The van der Waals surface area contributed by atoms with Gasteiger partial charge in [0.2, 0.25) is 5.91 Å². The zero-order valence-electron chi connectivity index (χ0n) is 19.5. The molecule has 30 heavy (non-hydrogen) atoms. The number of nitrogens with one attached hydrogen (secondary N) is 1. The van der Waals surface area contributed by atoms with Gasteiger partial charge in [-0.15, -0.1) is 0 Å². The number of hydrogen-bond acceptors (Lipinski definition) is 4. The topological polar surface area (TPSA) is 59.9 Å². The molecule has 1 amide bonds. The maximum Gasteiger partial charge on any atom is 0.240 e. The van der Waals surface area contributed by atoms with Crippen molar-refractivity contribution < 1.29 is 18.3 Å². The molecule has 166 valence electrons. The van der Waals surface area contributed by atoms with Gasteiger partial charge < -0.3 is 9.16 Å². The van der Waals surface area contributed by atoms with E-state index >= 15 is 4.39 Å². The fourth-order valence-corrected chi connectivity index (χ4v) is 4.02. The van der Waals surface area contributed by atoms with E-state index in [-0.39, 0.29) is 22.7 Å². The molecule has 0 spiro atoms. The van der Waals surface area contributed by atoms with Crippen LogP contribution in [0.1, 0.15) is 50.8 Å². The second-order valence-electron chi connectivity index (χ2n) is 9.50. The molecular weight excluding hydrogens is 399 g/mol. The molecule has 1 aromatic rings. The molecular formula is C23H35FN2O3Si. The van der Waals surface area contributed by atoms with E-state index in [1.807, 2.05) is 26.0 Å². The maximum atomic E-state index is 15.1. The van der Waals surface area contributed by atoms with Crippen molar-refractivity contribution in [2.24, 2.45) is 11.0 Å². The van der Waals surface area contributed by atoms with Gasteiger partial charge in [-0.3, -0.25) is 4.79 Å². The second-order valence-corrected chi connectivity index (χ2v) is 14.3. The summed E-state index contributed by atoms with van der Waals surface area (Å²) in [6.07, 6.45) is 4.16. The summed E-state index contributed by atoms with van der Waals surface area (Å²) in [5.74, 6) is -0.103. The van der Waals surface area contributed by atoms with E-state index in [4.69, 9.17) is 9.16 Å². The van der Waals surface area contributed by atoms with E-state index in [0.717, 1.165) is 5.56 Å². The van der Waals surface area contributed by atoms with Crippen molar-refractivity contribution in [1.29, 1.82) is 0 Å². The first-order valence-electron chi connectivity index (χ1n) is 10.4. The average molecular weight is 435 g/mol. The normalized spacial score (nSPS) is 17.8. The average Bonchev–Trinajstić information content (AvgIpc) is 2.63. The Bertz CT molecular complexity index is 857. The number of hydrogen-bond donors (Lipinski definition) is 1. The molecule has 1 aliphatic heterocycles. The SMILES string of the molecule is Cc1cc(C2=NNC(=O)CC2C)c(F)c(C)c1OC/C=C\CO[Si](C)(C)C(C)(C)C. The molecule has 1 N–H and O–H groups in total. The molecule has 0 aliphatic carbocycles. The first-order chi connectivity index (χ1) is 13.8. The molecule has 0 bridgehead atoms. The maximum absolute atomic E-state index is 15.1. The first-order valence-corrected chi connectivity index (χ1v) is 13.3. The van der Waals surface area contributed by atoms with Crippen LogP contribution in [0.5, 0.6) is 5.75 Å². The summed E-state index contributed by atoms with van der Waals surface area (Å²) in [7, 11) is -1.77. The van der Waals surface area contributed by atoms with E-state index in [9.17, 15) is 4.79 Å². The number of nitrogens with zero attached hydrogens (tertiary/aromatic N) is 1. The molecule has 0 fully saturated rings. The largest absolute Gasteiger partial charge is 0.489 e. The van der Waals surface area contributed by atoms with Crippen LogP contribution in [0.3, 0.4) is 0 Å². The Morgan fingerprint density at radius 1 is 1.27 bits per heavy atom. The van der Waals surface area contributed by atoms with Gasteiger partial charge in [-0.25, -0.2) is 9.82 Å². The molecule has 1 aromatic carbocycles. The van der Waals surface area contributed by atoms with Crippen LogP contribution < -0.4 is 10.2 Å². The molecule has 0 radical (unpaired) electrons. The van der Waals surface area contributed by atoms with Gasteiger partial charge in [0.1, 0.15) is 18.2 Å². The second kappa shape index (κ2) is 9.43. The molecule has 7 heteroatoms. The number of carbonyl (C=O) groups is 1. The Balaban J connectivity index is 2.04. The first kappa shape index (κ1) is 24.3. The lowest BCUT2D eigenvalue weighted by Gasteiger charge is -2.35. The van der Waals surface area contributed by atoms with Crippen molar-refractivity contribution in [1.82, 2.24) is 5.43 Å². The van der Waals surface area contributed by atoms with Gasteiger partial charge in [0.15, 0.2) is 8.32 Å². The lowest BCUT2D eigenvalue weighted by atomic mass is 9.91. The number of aryl methyl sites for hydroxylation is 1. The summed E-state index contributed by atoms with van der Waals surface area (Å²) in [5, 5.41) is 4.26.